The summed E-state index contributed by atoms with van der Waals surface area (Å²) in [5.41, 5.74) is 0.458. The summed E-state index contributed by atoms with van der Waals surface area (Å²) in [4.78, 5) is 11.0. The Hall–Kier alpha value is -0.830. The molecule has 0 aliphatic heterocycles. The fourth-order valence-electron chi connectivity index (χ4n) is 0.853. The first-order valence-electron chi connectivity index (χ1n) is 5.14. The Balaban J connectivity index is 3.30. The fraction of sp³-hybridized carbons (Fsp3) is 0.727. The predicted octanol–water partition coefficient (Wildman–Crippen LogP) is 1.88. The molecule has 1 unspecified atom stereocenters. The lowest BCUT2D eigenvalue weighted by molar-refractivity contribution is -0.139. The largest absolute Gasteiger partial charge is 0.462 e. The molecule has 0 rings (SSSR count). The highest BCUT2D eigenvalue weighted by Crippen LogP contribution is 1.93. The number of hydrogen-bond donors (Lipinski definition) is 1. The quantitative estimate of drug-likeness (QED) is 0.386. The smallest absolute Gasteiger partial charge is 0.333 e. The minimum Gasteiger partial charge on any atom is -0.462 e. The molecule has 0 amide bonds. The van der Waals surface area contributed by atoms with Crippen molar-refractivity contribution in [2.24, 2.45) is 0 Å². The van der Waals surface area contributed by atoms with Crippen LogP contribution in [0.5, 0.6) is 0 Å². The second-order valence-electron chi connectivity index (χ2n) is 3.53. The molecule has 14 heavy (non-hydrogen) atoms. The Bertz CT molecular complexity index is 190. The fourth-order valence-corrected chi connectivity index (χ4v) is 0.853. The molecule has 0 aromatic heterocycles. The minimum atomic E-state index is -0.298. The topological polar surface area (TPSA) is 38.3 Å². The molecule has 3 nitrogen and oxygen atoms in total. The van der Waals surface area contributed by atoms with Crippen LogP contribution < -0.4 is 5.32 Å². The molecule has 0 bridgehead atoms. The van der Waals surface area contributed by atoms with Crippen LogP contribution in [0.2, 0.25) is 0 Å². The van der Waals surface area contributed by atoms with E-state index in [2.05, 4.69) is 25.7 Å². The van der Waals surface area contributed by atoms with E-state index in [-0.39, 0.29) is 5.97 Å². The van der Waals surface area contributed by atoms with E-state index in [4.69, 9.17) is 4.74 Å². The molecule has 0 aromatic carbocycles. The summed E-state index contributed by atoms with van der Waals surface area (Å²) in [6.45, 7) is 10.8. The molecule has 1 N–H and O–H groups in total. The normalized spacial score (nSPS) is 12.2. The molecule has 0 saturated carbocycles. The average molecular weight is 199 g/mol. The number of ether oxygens (including phenoxy) is 1. The summed E-state index contributed by atoms with van der Waals surface area (Å²) < 4.78 is 4.94. The molecule has 0 aliphatic rings. The third kappa shape index (κ3) is 6.66. The average Bonchev–Trinajstić information content (AvgIpc) is 2.16. The first-order valence-corrected chi connectivity index (χ1v) is 5.14. The number of hydrogen-bond acceptors (Lipinski definition) is 3. The van der Waals surface area contributed by atoms with Gasteiger partial charge in [0.2, 0.25) is 0 Å². The zero-order valence-electron chi connectivity index (χ0n) is 9.43. The first-order chi connectivity index (χ1) is 6.57. The van der Waals surface area contributed by atoms with Crippen LogP contribution in [0.3, 0.4) is 0 Å². The molecule has 0 heterocycles. The van der Waals surface area contributed by atoms with Gasteiger partial charge in [-0.3, -0.25) is 0 Å². The van der Waals surface area contributed by atoms with Gasteiger partial charge in [0.15, 0.2) is 0 Å². The molecule has 82 valence electrons. The molecule has 1 atom stereocenters. The number of rotatable bonds is 7. The third-order valence-electron chi connectivity index (χ3n) is 2.01. The Morgan fingerprint density at radius 2 is 2.21 bits per heavy atom. The van der Waals surface area contributed by atoms with Crippen molar-refractivity contribution < 1.29 is 9.53 Å². The lowest BCUT2D eigenvalue weighted by Gasteiger charge is -2.10. The monoisotopic (exact) mass is 199 g/mol. The predicted molar refractivity (Wildman–Crippen MR) is 58.1 cm³/mol. The second kappa shape index (κ2) is 7.56. The number of esters is 1. The summed E-state index contributed by atoms with van der Waals surface area (Å²) in [5.74, 6) is -0.298. The van der Waals surface area contributed by atoms with Crippen LogP contribution in [0.15, 0.2) is 12.2 Å². The van der Waals surface area contributed by atoms with E-state index in [1.165, 1.54) is 0 Å². The van der Waals surface area contributed by atoms with Crippen LogP contribution in [0.1, 0.15) is 33.6 Å². The van der Waals surface area contributed by atoms with Gasteiger partial charge >= 0.3 is 5.97 Å². The molecule has 0 aromatic rings. The SMILES string of the molecule is C=C(C)C(=O)OCCCNC(C)CC. The lowest BCUT2D eigenvalue weighted by Crippen LogP contribution is -2.27. The molecule has 3 heteroatoms. The maximum atomic E-state index is 11.0. The van der Waals surface area contributed by atoms with Crippen LogP contribution in [-0.2, 0) is 9.53 Å². The number of nitrogens with one attached hydrogen (secondary N) is 1. The summed E-state index contributed by atoms with van der Waals surface area (Å²) in [6.07, 6.45) is 1.97. The summed E-state index contributed by atoms with van der Waals surface area (Å²) in [6, 6.07) is 0.534. The van der Waals surface area contributed by atoms with E-state index in [0.29, 0.717) is 18.2 Å². The minimum absolute atomic E-state index is 0.298. The van der Waals surface area contributed by atoms with Gasteiger partial charge < -0.3 is 10.1 Å². The highest BCUT2D eigenvalue weighted by atomic mass is 16.5. The van der Waals surface area contributed by atoms with Crippen molar-refractivity contribution in [2.45, 2.75) is 39.7 Å². The van der Waals surface area contributed by atoms with Crippen LogP contribution >= 0.6 is 0 Å². The molecule has 0 saturated heterocycles. The Kier molecular flexibility index (Phi) is 7.11. The van der Waals surface area contributed by atoms with Gasteiger partial charge in [0.05, 0.1) is 6.61 Å². The van der Waals surface area contributed by atoms with Crippen molar-refractivity contribution in [2.75, 3.05) is 13.2 Å². The van der Waals surface area contributed by atoms with Gasteiger partial charge in [-0.1, -0.05) is 13.5 Å². The van der Waals surface area contributed by atoms with Crippen molar-refractivity contribution in [1.82, 2.24) is 5.32 Å². The van der Waals surface area contributed by atoms with Crippen molar-refractivity contribution in [3.8, 4) is 0 Å². The van der Waals surface area contributed by atoms with Gasteiger partial charge in [-0.05, 0) is 33.2 Å². The van der Waals surface area contributed by atoms with E-state index < -0.39 is 0 Å². The van der Waals surface area contributed by atoms with E-state index in [0.717, 1.165) is 19.4 Å². The Morgan fingerprint density at radius 1 is 1.57 bits per heavy atom. The van der Waals surface area contributed by atoms with Gasteiger partial charge in [0.25, 0.3) is 0 Å². The van der Waals surface area contributed by atoms with Gasteiger partial charge in [-0.15, -0.1) is 0 Å². The van der Waals surface area contributed by atoms with E-state index in [1.807, 2.05) is 0 Å². The lowest BCUT2D eigenvalue weighted by atomic mass is 10.2. The van der Waals surface area contributed by atoms with Gasteiger partial charge in [-0.2, -0.15) is 0 Å². The van der Waals surface area contributed by atoms with Gasteiger partial charge in [0.1, 0.15) is 0 Å². The maximum Gasteiger partial charge on any atom is 0.333 e. The molecule has 0 radical (unpaired) electrons. The van der Waals surface area contributed by atoms with Gasteiger partial charge in [0, 0.05) is 11.6 Å². The summed E-state index contributed by atoms with van der Waals surface area (Å²) in [5, 5.41) is 3.32. The molecular formula is C11H21NO2. The molecule has 0 fully saturated rings. The van der Waals surface area contributed by atoms with E-state index in [9.17, 15) is 4.79 Å². The van der Waals surface area contributed by atoms with Crippen molar-refractivity contribution >= 4 is 5.97 Å². The summed E-state index contributed by atoms with van der Waals surface area (Å²) >= 11 is 0. The third-order valence-corrected chi connectivity index (χ3v) is 2.01. The Morgan fingerprint density at radius 3 is 2.71 bits per heavy atom. The van der Waals surface area contributed by atoms with Crippen molar-refractivity contribution in [1.29, 1.82) is 0 Å². The first kappa shape index (κ1) is 13.2. The highest BCUT2D eigenvalue weighted by Gasteiger charge is 2.02. The summed E-state index contributed by atoms with van der Waals surface area (Å²) in [7, 11) is 0. The Labute approximate surface area is 86.5 Å². The van der Waals surface area contributed by atoms with E-state index >= 15 is 0 Å². The zero-order valence-corrected chi connectivity index (χ0v) is 9.43. The standard InChI is InChI=1S/C11H21NO2/c1-5-10(4)12-7-6-8-14-11(13)9(2)3/h10,12H,2,5-8H2,1,3-4H3. The zero-order chi connectivity index (χ0) is 11.0. The number of carbonyl (C=O) groups excluding carboxylic acids is 1. The van der Waals surface area contributed by atoms with Crippen LogP contribution in [-0.4, -0.2) is 25.2 Å². The van der Waals surface area contributed by atoms with Crippen molar-refractivity contribution in [3.63, 3.8) is 0 Å². The highest BCUT2D eigenvalue weighted by molar-refractivity contribution is 5.86. The molecule has 0 aliphatic carbocycles. The molecule has 0 spiro atoms. The second-order valence-corrected chi connectivity index (χ2v) is 3.53. The maximum absolute atomic E-state index is 11.0. The van der Waals surface area contributed by atoms with Crippen molar-refractivity contribution in [3.05, 3.63) is 12.2 Å². The molecular weight excluding hydrogens is 178 g/mol. The van der Waals surface area contributed by atoms with E-state index in [1.54, 1.807) is 6.92 Å². The van der Waals surface area contributed by atoms with Gasteiger partial charge in [-0.25, -0.2) is 4.79 Å². The van der Waals surface area contributed by atoms with Crippen LogP contribution in [0.25, 0.3) is 0 Å². The van der Waals surface area contributed by atoms with Crippen LogP contribution in [0, 0.1) is 0 Å². The number of carbonyl (C=O) groups is 1. The van der Waals surface area contributed by atoms with Crippen LogP contribution in [0.4, 0.5) is 0 Å².